The van der Waals surface area contributed by atoms with Crippen molar-refractivity contribution < 1.29 is 4.74 Å². The van der Waals surface area contributed by atoms with E-state index in [9.17, 15) is 4.79 Å². The monoisotopic (exact) mass is 327 g/mol. The van der Waals surface area contributed by atoms with Gasteiger partial charge in [-0.05, 0) is 38.5 Å². The number of fused-ring (bicyclic) bond motifs is 1. The third kappa shape index (κ3) is 2.73. The van der Waals surface area contributed by atoms with Crippen molar-refractivity contribution in [1.29, 1.82) is 0 Å². The Morgan fingerprint density at radius 1 is 1.33 bits per heavy atom. The molecular weight excluding hydrogens is 306 g/mol. The molecular formula is C17H21N5O2. The van der Waals surface area contributed by atoms with E-state index in [1.54, 1.807) is 22.7 Å². The number of nitrogen functional groups attached to an aromatic ring is 1. The summed E-state index contributed by atoms with van der Waals surface area (Å²) >= 11 is 0. The molecule has 0 aliphatic rings. The summed E-state index contributed by atoms with van der Waals surface area (Å²) < 4.78 is 7.27. The predicted octanol–water partition coefficient (Wildman–Crippen LogP) is 2.33. The van der Waals surface area contributed by atoms with Gasteiger partial charge in [-0.3, -0.25) is 4.79 Å². The Morgan fingerprint density at radius 2 is 2.12 bits per heavy atom. The van der Waals surface area contributed by atoms with Gasteiger partial charge in [0.2, 0.25) is 0 Å². The van der Waals surface area contributed by atoms with Crippen molar-refractivity contribution >= 4 is 11.2 Å². The number of hydrogen-bond acceptors (Lipinski definition) is 5. The van der Waals surface area contributed by atoms with Crippen LogP contribution in [0, 0.1) is 6.92 Å². The van der Waals surface area contributed by atoms with Crippen LogP contribution in [0.3, 0.4) is 0 Å². The zero-order chi connectivity index (χ0) is 17.3. The molecule has 2 heterocycles. The summed E-state index contributed by atoms with van der Waals surface area (Å²) in [4.78, 5) is 19.8. The van der Waals surface area contributed by atoms with Crippen molar-refractivity contribution in [3.05, 3.63) is 40.1 Å². The Bertz CT molecular complexity index is 942. The van der Waals surface area contributed by atoms with Crippen LogP contribution >= 0.6 is 0 Å². The number of nitrogens with zero attached hydrogens (tertiary/aromatic N) is 3. The number of ether oxygens (including phenoxy) is 1. The van der Waals surface area contributed by atoms with E-state index in [-0.39, 0.29) is 5.56 Å². The van der Waals surface area contributed by atoms with Gasteiger partial charge in [0.1, 0.15) is 11.6 Å². The van der Waals surface area contributed by atoms with Gasteiger partial charge in [-0.15, -0.1) is 5.10 Å². The maximum atomic E-state index is 12.5. The minimum Gasteiger partial charge on any atom is -0.493 e. The molecule has 0 saturated carbocycles. The summed E-state index contributed by atoms with van der Waals surface area (Å²) in [6, 6.07) is 5.29. The smallest absolute Gasteiger partial charge is 0.277 e. The molecule has 0 atom stereocenters. The van der Waals surface area contributed by atoms with Crippen LogP contribution in [0.15, 0.2) is 23.0 Å². The lowest BCUT2D eigenvalue weighted by Crippen LogP contribution is -2.16. The van der Waals surface area contributed by atoms with Crippen molar-refractivity contribution in [2.75, 3.05) is 12.3 Å². The van der Waals surface area contributed by atoms with Gasteiger partial charge in [0.05, 0.1) is 17.9 Å². The molecule has 0 saturated heterocycles. The van der Waals surface area contributed by atoms with Crippen LogP contribution < -0.4 is 16.0 Å². The standard InChI is InChI=1S/C17H21N5O2/c1-4-6-14-19-10(3)15-17(23)20-16(21-22(14)15)12-9-11(18)7-8-13(12)24-5-2/h7-9H,4-6,18H2,1-3H3,(H,20,21,23). The highest BCUT2D eigenvalue weighted by atomic mass is 16.5. The SMILES string of the molecule is CCCc1nc(C)c2c(=O)[nH]c(-c3cc(N)ccc3OCC)nn12. The largest absolute Gasteiger partial charge is 0.493 e. The minimum atomic E-state index is -0.225. The van der Waals surface area contributed by atoms with E-state index in [0.29, 0.717) is 40.6 Å². The lowest BCUT2D eigenvalue weighted by atomic mass is 10.1. The number of hydrogen-bond donors (Lipinski definition) is 2. The van der Waals surface area contributed by atoms with Gasteiger partial charge in [0.15, 0.2) is 11.3 Å². The zero-order valence-electron chi connectivity index (χ0n) is 14.1. The van der Waals surface area contributed by atoms with Gasteiger partial charge in [-0.25, -0.2) is 9.50 Å². The summed E-state index contributed by atoms with van der Waals surface area (Å²) in [7, 11) is 0. The number of aromatic nitrogens is 4. The molecule has 0 aliphatic carbocycles. The fraction of sp³-hybridized carbons (Fsp3) is 0.353. The molecule has 0 fully saturated rings. The molecule has 24 heavy (non-hydrogen) atoms. The molecule has 7 nitrogen and oxygen atoms in total. The summed E-state index contributed by atoms with van der Waals surface area (Å²) in [6.45, 7) is 6.29. The first-order valence-electron chi connectivity index (χ1n) is 8.06. The lowest BCUT2D eigenvalue weighted by molar-refractivity contribution is 0.341. The fourth-order valence-corrected chi connectivity index (χ4v) is 2.76. The Balaban J connectivity index is 2.26. The number of anilines is 1. The third-order valence-electron chi connectivity index (χ3n) is 3.77. The van der Waals surface area contributed by atoms with Gasteiger partial charge >= 0.3 is 0 Å². The topological polar surface area (TPSA) is 98.3 Å². The van der Waals surface area contributed by atoms with Crippen molar-refractivity contribution in [2.24, 2.45) is 0 Å². The molecule has 7 heteroatoms. The van der Waals surface area contributed by atoms with Crippen LogP contribution in [-0.4, -0.2) is 26.2 Å². The number of H-pyrrole nitrogens is 1. The molecule has 0 amide bonds. The molecule has 0 bridgehead atoms. The molecule has 2 aromatic heterocycles. The molecule has 0 spiro atoms. The Kier molecular flexibility index (Phi) is 4.24. The summed E-state index contributed by atoms with van der Waals surface area (Å²) in [6.07, 6.45) is 1.67. The number of nitrogens with one attached hydrogen (secondary N) is 1. The molecule has 0 aliphatic heterocycles. The van der Waals surface area contributed by atoms with Gasteiger partial charge in [-0.1, -0.05) is 6.92 Å². The lowest BCUT2D eigenvalue weighted by Gasteiger charge is -2.11. The van der Waals surface area contributed by atoms with Crippen LogP contribution in [-0.2, 0) is 6.42 Å². The van der Waals surface area contributed by atoms with E-state index >= 15 is 0 Å². The van der Waals surface area contributed by atoms with Crippen LogP contribution in [0.1, 0.15) is 31.8 Å². The second-order valence-corrected chi connectivity index (χ2v) is 5.62. The number of aryl methyl sites for hydroxylation is 2. The third-order valence-corrected chi connectivity index (χ3v) is 3.77. The molecule has 0 radical (unpaired) electrons. The van der Waals surface area contributed by atoms with Crippen molar-refractivity contribution in [1.82, 2.24) is 19.6 Å². The van der Waals surface area contributed by atoms with E-state index < -0.39 is 0 Å². The zero-order valence-corrected chi connectivity index (χ0v) is 14.1. The number of imidazole rings is 1. The van der Waals surface area contributed by atoms with Crippen molar-refractivity contribution in [3.8, 4) is 17.1 Å². The maximum absolute atomic E-state index is 12.5. The number of aromatic amines is 1. The summed E-state index contributed by atoms with van der Waals surface area (Å²) in [5, 5.41) is 4.59. The second kappa shape index (κ2) is 6.35. The van der Waals surface area contributed by atoms with Gasteiger partial charge < -0.3 is 15.5 Å². The Hall–Kier alpha value is -2.83. The van der Waals surface area contributed by atoms with Crippen LogP contribution in [0.2, 0.25) is 0 Å². The molecule has 3 aromatic rings. The normalized spacial score (nSPS) is 11.1. The summed E-state index contributed by atoms with van der Waals surface area (Å²) in [5.74, 6) is 1.82. The molecule has 126 valence electrons. The highest BCUT2D eigenvalue weighted by Crippen LogP contribution is 2.29. The van der Waals surface area contributed by atoms with Crippen LogP contribution in [0.4, 0.5) is 5.69 Å². The van der Waals surface area contributed by atoms with Gasteiger partial charge in [-0.2, -0.15) is 0 Å². The van der Waals surface area contributed by atoms with Crippen LogP contribution in [0.5, 0.6) is 5.75 Å². The van der Waals surface area contributed by atoms with E-state index in [0.717, 1.165) is 18.7 Å². The highest BCUT2D eigenvalue weighted by Gasteiger charge is 2.16. The number of nitrogens with two attached hydrogens (primary N) is 1. The molecule has 1 aromatic carbocycles. The molecule has 0 unspecified atom stereocenters. The van der Waals surface area contributed by atoms with Crippen LogP contribution in [0.25, 0.3) is 16.9 Å². The average Bonchev–Trinajstić information content (AvgIpc) is 2.86. The highest BCUT2D eigenvalue weighted by molar-refractivity contribution is 5.69. The first kappa shape index (κ1) is 16.0. The van der Waals surface area contributed by atoms with Gasteiger partial charge in [0, 0.05) is 12.1 Å². The first-order valence-corrected chi connectivity index (χ1v) is 8.06. The average molecular weight is 327 g/mol. The first-order chi connectivity index (χ1) is 11.5. The Labute approximate surface area is 139 Å². The quantitative estimate of drug-likeness (QED) is 0.701. The van der Waals surface area contributed by atoms with E-state index in [1.165, 1.54) is 0 Å². The summed E-state index contributed by atoms with van der Waals surface area (Å²) in [5.41, 5.74) is 8.06. The van der Waals surface area contributed by atoms with Crippen molar-refractivity contribution in [3.63, 3.8) is 0 Å². The predicted molar refractivity (Wildman–Crippen MR) is 93.4 cm³/mol. The van der Waals surface area contributed by atoms with E-state index in [1.807, 2.05) is 13.8 Å². The molecule has 3 N–H and O–H groups in total. The number of benzene rings is 1. The van der Waals surface area contributed by atoms with E-state index in [4.69, 9.17) is 10.5 Å². The number of rotatable bonds is 5. The van der Waals surface area contributed by atoms with Gasteiger partial charge in [0.25, 0.3) is 5.56 Å². The minimum absolute atomic E-state index is 0.225. The molecule has 3 rings (SSSR count). The Morgan fingerprint density at radius 3 is 2.83 bits per heavy atom. The van der Waals surface area contributed by atoms with Crippen molar-refractivity contribution in [2.45, 2.75) is 33.6 Å². The fourth-order valence-electron chi connectivity index (χ4n) is 2.76. The second-order valence-electron chi connectivity index (χ2n) is 5.62. The van der Waals surface area contributed by atoms with E-state index in [2.05, 4.69) is 22.0 Å². The maximum Gasteiger partial charge on any atom is 0.277 e.